The zero-order valence-electron chi connectivity index (χ0n) is 18.7. The van der Waals surface area contributed by atoms with Crippen molar-refractivity contribution in [1.82, 2.24) is 19.9 Å². The first-order chi connectivity index (χ1) is 16.0. The number of fused-ring (bicyclic) bond motifs is 4. The van der Waals surface area contributed by atoms with Crippen LogP contribution in [-0.2, 0) is 12.8 Å². The number of nitrogens with zero attached hydrogens (tertiary/aromatic N) is 5. The van der Waals surface area contributed by atoms with E-state index in [2.05, 4.69) is 20.2 Å². The number of halogens is 1. The van der Waals surface area contributed by atoms with Crippen molar-refractivity contribution in [3.8, 4) is 22.9 Å². The number of nitrogens with two attached hydrogens (primary N) is 1. The summed E-state index contributed by atoms with van der Waals surface area (Å²) in [6.45, 7) is 3.73. The van der Waals surface area contributed by atoms with E-state index in [0.29, 0.717) is 24.0 Å². The maximum Gasteiger partial charge on any atom is 0.324 e. The minimum atomic E-state index is -0.283. The van der Waals surface area contributed by atoms with Gasteiger partial charge >= 0.3 is 6.01 Å². The fourth-order valence-electron chi connectivity index (χ4n) is 5.41. The second kappa shape index (κ2) is 7.62. The summed E-state index contributed by atoms with van der Waals surface area (Å²) in [4.78, 5) is 20.4. The van der Waals surface area contributed by atoms with Crippen LogP contribution in [0.2, 0.25) is 0 Å². The number of hydrogen-bond acceptors (Lipinski definition) is 8. The monoisotopic (exact) mass is 447 g/mol. The molecule has 170 valence electrons. The molecule has 0 radical (unpaired) electrons. The molecule has 33 heavy (non-hydrogen) atoms. The molecule has 1 saturated carbocycles. The Morgan fingerprint density at radius 2 is 2.03 bits per heavy atom. The molecule has 6 rings (SSSR count). The van der Waals surface area contributed by atoms with E-state index in [0.717, 1.165) is 65.6 Å². The van der Waals surface area contributed by atoms with Crippen molar-refractivity contribution in [1.29, 1.82) is 0 Å². The molecule has 3 aliphatic rings. The first-order valence-electron chi connectivity index (χ1n) is 11.4. The Morgan fingerprint density at radius 3 is 2.73 bits per heavy atom. The van der Waals surface area contributed by atoms with E-state index in [1.54, 1.807) is 25.5 Å². The van der Waals surface area contributed by atoms with E-state index >= 15 is 0 Å². The smallest absolute Gasteiger partial charge is 0.324 e. The van der Waals surface area contributed by atoms with E-state index in [9.17, 15) is 4.39 Å². The molecule has 0 spiro atoms. The molecule has 3 N–H and O–H groups in total. The Hall–Kier alpha value is -3.33. The van der Waals surface area contributed by atoms with Gasteiger partial charge in [-0.05, 0) is 41.5 Å². The van der Waals surface area contributed by atoms with Gasteiger partial charge in [-0.1, -0.05) is 6.92 Å². The van der Waals surface area contributed by atoms with E-state index in [1.165, 1.54) is 6.07 Å². The van der Waals surface area contributed by atoms with Crippen LogP contribution < -0.4 is 20.7 Å². The number of aromatic nitrogens is 4. The first-order valence-corrected chi connectivity index (χ1v) is 11.4. The first kappa shape index (κ1) is 20.3. The minimum absolute atomic E-state index is 0.237. The van der Waals surface area contributed by atoms with Gasteiger partial charge in [-0.2, -0.15) is 9.97 Å². The van der Waals surface area contributed by atoms with Gasteiger partial charge in [-0.15, -0.1) is 0 Å². The predicted octanol–water partition coefficient (Wildman–Crippen LogP) is 3.16. The van der Waals surface area contributed by atoms with Crippen molar-refractivity contribution >= 4 is 11.5 Å². The van der Waals surface area contributed by atoms with Gasteiger partial charge in [0.05, 0.1) is 18.1 Å². The van der Waals surface area contributed by atoms with Crippen LogP contribution in [0.4, 0.5) is 15.9 Å². The van der Waals surface area contributed by atoms with Crippen molar-refractivity contribution < 1.29 is 9.13 Å². The average Bonchev–Trinajstić information content (AvgIpc) is 3.36. The lowest BCUT2D eigenvalue weighted by atomic mass is 9.72. The van der Waals surface area contributed by atoms with Gasteiger partial charge in [0, 0.05) is 50.3 Å². The molecule has 3 aromatic rings. The van der Waals surface area contributed by atoms with Crippen LogP contribution >= 0.6 is 0 Å². The lowest BCUT2D eigenvalue weighted by Gasteiger charge is -2.36. The molecule has 2 aliphatic carbocycles. The predicted molar refractivity (Wildman–Crippen MR) is 123 cm³/mol. The van der Waals surface area contributed by atoms with Gasteiger partial charge in [-0.25, -0.2) is 14.4 Å². The van der Waals surface area contributed by atoms with Gasteiger partial charge in [0.2, 0.25) is 0 Å². The van der Waals surface area contributed by atoms with Gasteiger partial charge in [0.25, 0.3) is 0 Å². The summed E-state index contributed by atoms with van der Waals surface area (Å²) in [5, 5.41) is 3.12. The lowest BCUT2D eigenvalue weighted by Crippen LogP contribution is -2.46. The largest absolute Gasteiger partial charge is 0.421 e. The van der Waals surface area contributed by atoms with Crippen LogP contribution in [0.1, 0.15) is 30.4 Å². The zero-order chi connectivity index (χ0) is 22.7. The summed E-state index contributed by atoms with van der Waals surface area (Å²) in [7, 11) is 1.80. The molecule has 8 nitrogen and oxygen atoms in total. The third kappa shape index (κ3) is 3.30. The fraction of sp³-hybridized carbons (Fsp3) is 0.417. The summed E-state index contributed by atoms with van der Waals surface area (Å²) in [5.41, 5.74) is 10.6. The maximum atomic E-state index is 14.5. The van der Waals surface area contributed by atoms with E-state index in [-0.39, 0.29) is 17.9 Å². The maximum absolute atomic E-state index is 14.5. The van der Waals surface area contributed by atoms with Crippen LogP contribution in [0.3, 0.4) is 0 Å². The summed E-state index contributed by atoms with van der Waals surface area (Å²) in [5.74, 6) is 2.78. The normalized spacial score (nSPS) is 22.4. The number of anilines is 2. The topological polar surface area (TPSA) is 102 Å². The quantitative estimate of drug-likeness (QED) is 0.481. The average molecular weight is 448 g/mol. The Labute approximate surface area is 191 Å². The van der Waals surface area contributed by atoms with Crippen molar-refractivity contribution in [2.45, 2.75) is 32.2 Å². The summed E-state index contributed by atoms with van der Waals surface area (Å²) in [6, 6.07) is 3.60. The van der Waals surface area contributed by atoms with Gasteiger partial charge < -0.3 is 20.7 Å². The second-order valence-electron chi connectivity index (χ2n) is 9.08. The van der Waals surface area contributed by atoms with Crippen molar-refractivity contribution in [3.05, 3.63) is 47.4 Å². The molecule has 0 bridgehead atoms. The fourth-order valence-corrected chi connectivity index (χ4v) is 5.41. The molecule has 3 atom stereocenters. The van der Waals surface area contributed by atoms with Crippen LogP contribution in [-0.4, -0.2) is 46.1 Å². The van der Waals surface area contributed by atoms with E-state index in [4.69, 9.17) is 20.4 Å². The van der Waals surface area contributed by atoms with Gasteiger partial charge in [0.1, 0.15) is 17.5 Å². The number of hydrogen-bond donors (Lipinski definition) is 2. The highest BCUT2D eigenvalue weighted by Crippen LogP contribution is 2.48. The molecule has 2 fully saturated rings. The van der Waals surface area contributed by atoms with Crippen LogP contribution in [0, 0.1) is 17.7 Å². The van der Waals surface area contributed by atoms with Gasteiger partial charge in [0.15, 0.2) is 5.75 Å². The van der Waals surface area contributed by atoms with Crippen molar-refractivity contribution in [2.75, 3.05) is 30.4 Å². The number of benzene rings is 1. The third-order valence-corrected chi connectivity index (χ3v) is 7.16. The number of ether oxygens (including phenoxy) is 1. The molecule has 9 heteroatoms. The number of rotatable bonds is 5. The Balaban J connectivity index is 1.44. The molecular weight excluding hydrogens is 421 g/mol. The molecular formula is C24H26FN7O. The molecule has 0 amide bonds. The molecule has 3 unspecified atom stereocenters. The molecule has 1 aromatic carbocycles. The SMILES string of the molecule is CCc1ncc(Oc2nc3c(c(N4CC5CC(N)C5C4)n2)-c2cc(F)cc(NC)c2C3)cn1. The number of aryl methyl sites for hydroxylation is 1. The Bertz CT molecular complexity index is 1230. The van der Waals surface area contributed by atoms with Crippen LogP contribution in [0.25, 0.3) is 11.1 Å². The van der Waals surface area contributed by atoms with E-state index < -0.39 is 0 Å². The van der Waals surface area contributed by atoms with Crippen LogP contribution in [0.15, 0.2) is 24.5 Å². The Morgan fingerprint density at radius 1 is 1.21 bits per heavy atom. The highest BCUT2D eigenvalue weighted by molar-refractivity contribution is 5.88. The standard InChI is InChI=1S/C24H26FN7O/c1-3-21-28-8-14(9-29-21)33-24-30-20-7-15-16(5-13(25)6-19(15)27-2)22(20)23(31-24)32-10-12-4-18(26)17(12)11-32/h5-6,8-9,12,17-18,27H,3-4,7,10-11,26H2,1-2H3. The Kier molecular flexibility index (Phi) is 4.69. The van der Waals surface area contributed by atoms with Crippen molar-refractivity contribution in [3.63, 3.8) is 0 Å². The molecule has 1 aliphatic heterocycles. The van der Waals surface area contributed by atoms with Crippen molar-refractivity contribution in [2.24, 2.45) is 17.6 Å². The zero-order valence-corrected chi connectivity index (χ0v) is 18.7. The highest BCUT2D eigenvalue weighted by atomic mass is 19.1. The van der Waals surface area contributed by atoms with Crippen LogP contribution in [0.5, 0.6) is 11.8 Å². The minimum Gasteiger partial charge on any atom is -0.421 e. The summed E-state index contributed by atoms with van der Waals surface area (Å²) < 4.78 is 20.5. The molecule has 1 saturated heterocycles. The molecule has 3 heterocycles. The molecule has 2 aromatic heterocycles. The second-order valence-corrected chi connectivity index (χ2v) is 9.08. The summed E-state index contributed by atoms with van der Waals surface area (Å²) >= 11 is 0. The van der Waals surface area contributed by atoms with Gasteiger partial charge in [-0.3, -0.25) is 0 Å². The number of nitrogens with one attached hydrogen (secondary N) is 1. The van der Waals surface area contributed by atoms with E-state index in [1.807, 2.05) is 6.92 Å². The lowest BCUT2D eigenvalue weighted by molar-refractivity contribution is 0.194. The summed E-state index contributed by atoms with van der Waals surface area (Å²) in [6.07, 6.45) is 5.65. The highest BCUT2D eigenvalue weighted by Gasteiger charge is 2.46. The third-order valence-electron chi connectivity index (χ3n) is 7.16.